The molecule has 0 spiro atoms. The van der Waals surface area contributed by atoms with Crippen LogP contribution in [-0.4, -0.2) is 32.7 Å². The van der Waals surface area contributed by atoms with E-state index in [4.69, 9.17) is 15.3 Å². The van der Waals surface area contributed by atoms with Gasteiger partial charge in [0.1, 0.15) is 0 Å². The van der Waals surface area contributed by atoms with Gasteiger partial charge >= 0.3 is 0 Å². The number of allylic oxidation sites excluding steroid dienone is 6. The van der Waals surface area contributed by atoms with E-state index in [2.05, 4.69) is 0 Å². The molecule has 0 atom stereocenters. The van der Waals surface area contributed by atoms with E-state index in [-0.39, 0.29) is 53.2 Å². The molecule has 0 bridgehead atoms. The van der Waals surface area contributed by atoms with Gasteiger partial charge in [-0.1, -0.05) is 0 Å². The summed E-state index contributed by atoms with van der Waals surface area (Å²) in [5, 5.41) is 25.1. The molecule has 0 fully saturated rings. The van der Waals surface area contributed by atoms with Crippen LogP contribution in [0.4, 0.5) is 0 Å². The van der Waals surface area contributed by atoms with Crippen molar-refractivity contribution in [2.24, 2.45) is 0 Å². The first-order valence-corrected chi connectivity index (χ1v) is 6.02. The number of hydrogen-bond acceptors (Lipinski definition) is 6. The average Bonchev–Trinajstić information content (AvgIpc) is 2.10. The molecule has 0 saturated carbocycles. The van der Waals surface area contributed by atoms with Crippen LogP contribution in [0.1, 0.15) is 41.5 Å². The van der Waals surface area contributed by atoms with Crippen molar-refractivity contribution in [1.82, 2.24) is 0 Å². The molecule has 6 nitrogen and oxygen atoms in total. The zero-order chi connectivity index (χ0) is 17.6. The third-order valence-electron chi connectivity index (χ3n) is 1.24. The summed E-state index contributed by atoms with van der Waals surface area (Å²) in [5.74, 6) is -0.187. The van der Waals surface area contributed by atoms with E-state index >= 15 is 0 Å². The normalized spacial score (nSPS) is 10.9. The molecule has 0 saturated heterocycles. The molecule has 7 heteroatoms. The average molecular weight is 351 g/mol. The van der Waals surface area contributed by atoms with Gasteiger partial charge in [-0.15, -0.1) is 0 Å². The van der Waals surface area contributed by atoms with Gasteiger partial charge in [0.2, 0.25) is 0 Å². The molecule has 22 heavy (non-hydrogen) atoms. The summed E-state index contributed by atoms with van der Waals surface area (Å²) in [4.78, 5) is 30.1. The van der Waals surface area contributed by atoms with E-state index in [0.29, 0.717) is 0 Å². The van der Waals surface area contributed by atoms with Crippen LogP contribution in [0.3, 0.4) is 0 Å². The number of hydrogen-bond donors (Lipinski definition) is 3. The molecule has 0 aliphatic carbocycles. The Hall–Kier alpha value is -1.79. The van der Waals surface area contributed by atoms with Crippen molar-refractivity contribution in [3.05, 3.63) is 35.5 Å². The van der Waals surface area contributed by atoms with Gasteiger partial charge in [0.25, 0.3) is 0 Å². The summed E-state index contributed by atoms with van der Waals surface area (Å²) in [7, 11) is 0. The third-order valence-corrected chi connectivity index (χ3v) is 1.24. The quantitative estimate of drug-likeness (QED) is 0.532. The van der Waals surface area contributed by atoms with Crippen LogP contribution in [0.25, 0.3) is 0 Å². The van der Waals surface area contributed by atoms with Crippen LogP contribution >= 0.6 is 0 Å². The Kier molecular flexibility index (Phi) is 22.3. The predicted octanol–water partition coefficient (Wildman–Crippen LogP) is 3.11. The van der Waals surface area contributed by atoms with Crippen LogP contribution in [0, 0.1) is 0 Å². The largest absolute Gasteiger partial charge is 0.512 e. The number of rotatable bonds is 3. The van der Waals surface area contributed by atoms with E-state index in [0.717, 1.165) is 0 Å². The van der Waals surface area contributed by atoms with Crippen molar-refractivity contribution >= 4 is 17.3 Å². The van der Waals surface area contributed by atoms with Gasteiger partial charge in [0.15, 0.2) is 17.3 Å². The van der Waals surface area contributed by atoms with E-state index < -0.39 is 0 Å². The zero-order valence-corrected chi connectivity index (χ0v) is 15.1. The fourth-order valence-corrected chi connectivity index (χ4v) is 0.882. The molecular formula is C15H24O6V. The molecule has 3 N–H and O–H groups in total. The van der Waals surface area contributed by atoms with Crippen LogP contribution in [0.2, 0.25) is 0 Å². The van der Waals surface area contributed by atoms with Gasteiger partial charge in [0, 0.05) is 36.8 Å². The van der Waals surface area contributed by atoms with Crippen molar-refractivity contribution in [2.75, 3.05) is 0 Å². The molecule has 0 aromatic heterocycles. The third kappa shape index (κ3) is 51.7. The monoisotopic (exact) mass is 351 g/mol. The number of carbonyl (C=O) groups excluding carboxylic acids is 3. The maximum atomic E-state index is 10.0. The molecular weight excluding hydrogens is 327 g/mol. The minimum Gasteiger partial charge on any atom is -0.512 e. The van der Waals surface area contributed by atoms with Gasteiger partial charge in [-0.25, -0.2) is 0 Å². The molecule has 0 heterocycles. The minimum atomic E-state index is -0.125. The number of aliphatic hydroxyl groups is 3. The Morgan fingerprint density at radius 3 is 0.682 bits per heavy atom. The van der Waals surface area contributed by atoms with E-state index in [1.54, 1.807) is 0 Å². The SMILES string of the molecule is CC(=O)C=C(C)O.CC(=O)C=C(C)O.CC(=O)C=C(C)O.[V]. The summed E-state index contributed by atoms with van der Waals surface area (Å²) in [6, 6.07) is 0. The Labute approximate surface area is 143 Å². The summed E-state index contributed by atoms with van der Waals surface area (Å²) in [6.07, 6.45) is 3.50. The topological polar surface area (TPSA) is 112 Å². The standard InChI is InChI=1S/3C5H8O2.V/c3*1-4(6)3-5(2)7;/h3*3,6H,1-2H3;. The number of carbonyl (C=O) groups is 3. The summed E-state index contributed by atoms with van der Waals surface area (Å²) >= 11 is 0. The van der Waals surface area contributed by atoms with Crippen LogP contribution in [0.5, 0.6) is 0 Å². The van der Waals surface area contributed by atoms with Gasteiger partial charge in [-0.2, -0.15) is 0 Å². The zero-order valence-electron chi connectivity index (χ0n) is 13.7. The van der Waals surface area contributed by atoms with E-state index in [9.17, 15) is 14.4 Å². The molecule has 0 aliphatic rings. The summed E-state index contributed by atoms with van der Waals surface area (Å²) < 4.78 is 0. The Bertz CT molecular complexity index is 368. The molecule has 0 rings (SSSR count). The minimum absolute atomic E-state index is 0. The van der Waals surface area contributed by atoms with Crippen molar-refractivity contribution in [3.63, 3.8) is 0 Å². The van der Waals surface area contributed by atoms with Crippen molar-refractivity contribution in [3.8, 4) is 0 Å². The number of ketones is 3. The Morgan fingerprint density at radius 1 is 0.545 bits per heavy atom. The van der Waals surface area contributed by atoms with E-state index in [1.165, 1.54) is 59.8 Å². The predicted molar refractivity (Wildman–Crippen MR) is 81.2 cm³/mol. The molecule has 0 unspecified atom stereocenters. The fraction of sp³-hybridized carbons (Fsp3) is 0.400. The van der Waals surface area contributed by atoms with Gasteiger partial charge in [0.05, 0.1) is 17.3 Å². The van der Waals surface area contributed by atoms with Gasteiger partial charge in [-0.05, 0) is 41.5 Å². The molecule has 0 aromatic rings. The first kappa shape index (κ1) is 28.4. The second kappa shape index (κ2) is 17.3. The maximum absolute atomic E-state index is 10.0. The van der Waals surface area contributed by atoms with Crippen molar-refractivity contribution < 1.29 is 48.3 Å². The summed E-state index contributed by atoms with van der Waals surface area (Å²) in [5.41, 5.74) is 0. The van der Waals surface area contributed by atoms with Crippen molar-refractivity contribution in [2.45, 2.75) is 41.5 Å². The van der Waals surface area contributed by atoms with Gasteiger partial charge < -0.3 is 15.3 Å². The first-order chi connectivity index (χ1) is 9.38. The first-order valence-electron chi connectivity index (χ1n) is 6.02. The maximum Gasteiger partial charge on any atom is 0.155 e. The molecule has 125 valence electrons. The second-order valence-corrected chi connectivity index (χ2v) is 4.19. The summed E-state index contributed by atoms with van der Waals surface area (Å²) in [6.45, 7) is 8.54. The van der Waals surface area contributed by atoms with E-state index in [1.807, 2.05) is 0 Å². The van der Waals surface area contributed by atoms with Crippen LogP contribution < -0.4 is 0 Å². The fourth-order valence-electron chi connectivity index (χ4n) is 0.882. The van der Waals surface area contributed by atoms with Gasteiger partial charge in [-0.3, -0.25) is 14.4 Å². The Morgan fingerprint density at radius 2 is 0.682 bits per heavy atom. The molecule has 0 amide bonds. The van der Waals surface area contributed by atoms with Crippen molar-refractivity contribution in [1.29, 1.82) is 0 Å². The molecule has 0 aromatic carbocycles. The second-order valence-electron chi connectivity index (χ2n) is 4.19. The smallest absolute Gasteiger partial charge is 0.155 e. The molecule has 0 aliphatic heterocycles. The van der Waals surface area contributed by atoms with Crippen LogP contribution in [0.15, 0.2) is 35.5 Å². The number of aliphatic hydroxyl groups excluding tert-OH is 3. The molecule has 1 radical (unpaired) electrons. The van der Waals surface area contributed by atoms with Crippen LogP contribution in [-0.2, 0) is 32.9 Å². The Balaban J connectivity index is -0.000000108.